The van der Waals surface area contributed by atoms with Gasteiger partial charge >= 0.3 is 5.97 Å². The highest BCUT2D eigenvalue weighted by atomic mass is 35.5. The van der Waals surface area contributed by atoms with Crippen LogP contribution >= 0.6 is 11.6 Å². The smallest absolute Gasteiger partial charge is 0.343 e. The molecule has 1 aliphatic rings. The molecule has 0 saturated carbocycles. The molecule has 4 nitrogen and oxygen atoms in total. The number of carbonyl (C=O) groups excluding carboxylic acids is 1. The molecule has 1 atom stereocenters. The Kier molecular flexibility index (Phi) is 4.58. The maximum absolute atomic E-state index is 12.2. The number of carbonyl (C=O) groups is 1. The summed E-state index contributed by atoms with van der Waals surface area (Å²) >= 11 is 6.20. The predicted molar refractivity (Wildman–Crippen MR) is 115 cm³/mol. The summed E-state index contributed by atoms with van der Waals surface area (Å²) in [6, 6.07) is 22.7. The van der Waals surface area contributed by atoms with Crippen LogP contribution in [-0.2, 0) is 6.42 Å². The molecule has 0 spiro atoms. The van der Waals surface area contributed by atoms with Crippen molar-refractivity contribution >= 4 is 28.5 Å². The van der Waals surface area contributed by atoms with Crippen molar-refractivity contribution in [1.29, 1.82) is 0 Å². The molecule has 5 heteroatoms. The van der Waals surface area contributed by atoms with Gasteiger partial charge in [0.15, 0.2) is 0 Å². The van der Waals surface area contributed by atoms with Crippen LogP contribution in [0.4, 0.5) is 0 Å². The number of esters is 1. The molecule has 144 valence electrons. The maximum Gasteiger partial charge on any atom is 0.343 e. The summed E-state index contributed by atoms with van der Waals surface area (Å²) in [6.07, 6.45) is 0.957. The quantitative estimate of drug-likeness (QED) is 0.362. The van der Waals surface area contributed by atoms with Gasteiger partial charge in [0.2, 0.25) is 0 Å². The number of hydrogen-bond donors (Lipinski definition) is 2. The summed E-state index contributed by atoms with van der Waals surface area (Å²) < 4.78 is 5.49. The number of nitrogens with one attached hydrogen (secondary N) is 2. The number of halogens is 1. The summed E-state index contributed by atoms with van der Waals surface area (Å²) in [7, 11) is 0. The molecule has 2 heterocycles. The molecule has 0 radical (unpaired) electrons. The number of benzene rings is 3. The molecule has 29 heavy (non-hydrogen) atoms. The second kappa shape index (κ2) is 7.39. The molecule has 1 aromatic heterocycles. The van der Waals surface area contributed by atoms with Gasteiger partial charge in [-0.25, -0.2) is 4.79 Å². The highest BCUT2D eigenvalue weighted by Crippen LogP contribution is 2.35. The summed E-state index contributed by atoms with van der Waals surface area (Å²) in [5.74, 6) is 0.172. The molecule has 1 unspecified atom stereocenters. The number of fused-ring (bicyclic) bond motifs is 3. The van der Waals surface area contributed by atoms with Gasteiger partial charge in [0.05, 0.1) is 11.6 Å². The maximum atomic E-state index is 12.2. The van der Waals surface area contributed by atoms with Gasteiger partial charge in [-0.1, -0.05) is 41.9 Å². The number of aromatic amines is 1. The van der Waals surface area contributed by atoms with E-state index >= 15 is 0 Å². The molecule has 0 saturated heterocycles. The Hall–Kier alpha value is -3.08. The van der Waals surface area contributed by atoms with Crippen LogP contribution in [-0.4, -0.2) is 17.5 Å². The predicted octanol–water partition coefficient (Wildman–Crippen LogP) is 5.28. The van der Waals surface area contributed by atoms with Gasteiger partial charge in [-0.2, -0.15) is 0 Å². The van der Waals surface area contributed by atoms with Crippen LogP contribution in [0.2, 0.25) is 5.02 Å². The molecule has 5 rings (SSSR count). The first kappa shape index (κ1) is 18.0. The van der Waals surface area contributed by atoms with Gasteiger partial charge in [0.1, 0.15) is 5.75 Å². The summed E-state index contributed by atoms with van der Waals surface area (Å²) in [5, 5.41) is 5.52. The van der Waals surface area contributed by atoms with Crippen molar-refractivity contribution in [2.24, 2.45) is 0 Å². The zero-order chi connectivity index (χ0) is 19.8. The number of rotatable bonds is 3. The van der Waals surface area contributed by atoms with Gasteiger partial charge < -0.3 is 15.0 Å². The van der Waals surface area contributed by atoms with Crippen LogP contribution in [0.1, 0.15) is 33.2 Å². The Labute approximate surface area is 173 Å². The third-order valence-corrected chi connectivity index (χ3v) is 5.58. The Morgan fingerprint density at radius 3 is 2.59 bits per heavy atom. The lowest BCUT2D eigenvalue weighted by Gasteiger charge is -2.25. The van der Waals surface area contributed by atoms with Crippen LogP contribution in [0.25, 0.3) is 10.9 Å². The fourth-order valence-electron chi connectivity index (χ4n) is 3.95. The number of hydrogen-bond acceptors (Lipinski definition) is 3. The lowest BCUT2D eigenvalue weighted by atomic mass is 9.94. The van der Waals surface area contributed by atoms with E-state index in [2.05, 4.69) is 10.3 Å². The third kappa shape index (κ3) is 3.41. The van der Waals surface area contributed by atoms with Crippen LogP contribution in [0.5, 0.6) is 5.75 Å². The minimum atomic E-state index is -0.357. The lowest BCUT2D eigenvalue weighted by Crippen LogP contribution is -2.30. The summed E-state index contributed by atoms with van der Waals surface area (Å²) in [6.45, 7) is 0.891. The molecule has 0 aliphatic carbocycles. The molecule has 3 aromatic carbocycles. The molecule has 0 amide bonds. The number of H-pyrrole nitrogens is 1. The zero-order valence-corrected chi connectivity index (χ0v) is 16.4. The summed E-state index contributed by atoms with van der Waals surface area (Å²) in [5.41, 5.74) is 5.23. The SMILES string of the molecule is O=C(Oc1ccc(C2NCCc3c2[nH]c2ccc(Cl)cc32)cc1)c1ccccc1. The van der Waals surface area contributed by atoms with Crippen LogP contribution in [0.3, 0.4) is 0 Å². The van der Waals surface area contributed by atoms with E-state index in [1.807, 2.05) is 60.7 Å². The first-order valence-corrected chi connectivity index (χ1v) is 9.97. The van der Waals surface area contributed by atoms with E-state index in [9.17, 15) is 4.79 Å². The Balaban J connectivity index is 1.41. The van der Waals surface area contributed by atoms with Crippen LogP contribution in [0, 0.1) is 0 Å². The van der Waals surface area contributed by atoms with Crippen molar-refractivity contribution in [2.75, 3.05) is 6.54 Å². The fraction of sp³-hybridized carbons (Fsp3) is 0.125. The Morgan fingerprint density at radius 1 is 1.00 bits per heavy atom. The van der Waals surface area contributed by atoms with Crippen LogP contribution in [0.15, 0.2) is 72.8 Å². The monoisotopic (exact) mass is 402 g/mol. The molecule has 4 aromatic rings. The topological polar surface area (TPSA) is 54.1 Å². The lowest BCUT2D eigenvalue weighted by molar-refractivity contribution is 0.0734. The second-order valence-corrected chi connectivity index (χ2v) is 7.61. The van der Waals surface area contributed by atoms with Crippen molar-refractivity contribution in [3.8, 4) is 5.75 Å². The zero-order valence-electron chi connectivity index (χ0n) is 15.6. The van der Waals surface area contributed by atoms with Gasteiger partial charge in [0, 0.05) is 28.2 Å². The minimum Gasteiger partial charge on any atom is -0.423 e. The van der Waals surface area contributed by atoms with Crippen molar-refractivity contribution < 1.29 is 9.53 Å². The van der Waals surface area contributed by atoms with Crippen molar-refractivity contribution in [1.82, 2.24) is 10.3 Å². The first-order chi connectivity index (χ1) is 14.2. The average Bonchev–Trinajstić information content (AvgIpc) is 3.13. The van der Waals surface area contributed by atoms with Gasteiger partial charge in [0.25, 0.3) is 0 Å². The number of aromatic nitrogens is 1. The van der Waals surface area contributed by atoms with E-state index in [1.54, 1.807) is 12.1 Å². The highest BCUT2D eigenvalue weighted by Gasteiger charge is 2.25. The average molecular weight is 403 g/mol. The molecule has 0 fully saturated rings. The molecular formula is C24H19ClN2O2. The fourth-order valence-corrected chi connectivity index (χ4v) is 4.13. The highest BCUT2D eigenvalue weighted by molar-refractivity contribution is 6.31. The summed E-state index contributed by atoms with van der Waals surface area (Å²) in [4.78, 5) is 15.8. The largest absolute Gasteiger partial charge is 0.423 e. The molecular weight excluding hydrogens is 384 g/mol. The van der Waals surface area contributed by atoms with Crippen LogP contribution < -0.4 is 10.1 Å². The van der Waals surface area contributed by atoms with E-state index < -0.39 is 0 Å². The van der Waals surface area contributed by atoms with Gasteiger partial charge in [-0.3, -0.25) is 0 Å². The van der Waals surface area contributed by atoms with E-state index in [0.29, 0.717) is 11.3 Å². The van der Waals surface area contributed by atoms with Crippen molar-refractivity contribution in [2.45, 2.75) is 12.5 Å². The normalized spacial score (nSPS) is 15.8. The minimum absolute atomic E-state index is 0.0591. The second-order valence-electron chi connectivity index (χ2n) is 7.17. The standard InChI is InChI=1S/C24H19ClN2O2/c25-17-8-11-21-20(14-17)19-12-13-26-22(23(19)27-21)15-6-9-18(10-7-15)29-24(28)16-4-2-1-3-5-16/h1-11,14,22,26-27H,12-13H2. The Bertz CT molecular complexity index is 1180. The van der Waals surface area contributed by atoms with Gasteiger partial charge in [-0.15, -0.1) is 0 Å². The Morgan fingerprint density at radius 2 is 1.79 bits per heavy atom. The van der Waals surface area contributed by atoms with E-state index in [-0.39, 0.29) is 12.0 Å². The van der Waals surface area contributed by atoms with Crippen molar-refractivity contribution in [3.05, 3.63) is 100 Å². The molecule has 0 bridgehead atoms. The molecule has 1 aliphatic heterocycles. The van der Waals surface area contributed by atoms with E-state index in [0.717, 1.165) is 29.1 Å². The first-order valence-electron chi connectivity index (χ1n) is 9.59. The van der Waals surface area contributed by atoms with Gasteiger partial charge in [-0.05, 0) is 60.0 Å². The number of ether oxygens (including phenoxy) is 1. The third-order valence-electron chi connectivity index (χ3n) is 5.35. The van der Waals surface area contributed by atoms with E-state index in [1.165, 1.54) is 16.6 Å². The van der Waals surface area contributed by atoms with E-state index in [4.69, 9.17) is 16.3 Å². The van der Waals surface area contributed by atoms with Crippen molar-refractivity contribution in [3.63, 3.8) is 0 Å². The molecule has 2 N–H and O–H groups in total.